The number of rotatable bonds is 4. The van der Waals surface area contributed by atoms with Gasteiger partial charge in [-0.1, -0.05) is 17.7 Å². The summed E-state index contributed by atoms with van der Waals surface area (Å²) in [5.41, 5.74) is 3.41. The second kappa shape index (κ2) is 8.98. The number of carbonyl (C=O) groups excluding carboxylic acids is 1. The molecule has 33 heavy (non-hydrogen) atoms. The van der Waals surface area contributed by atoms with E-state index in [1.165, 1.54) is 18.2 Å². The fourth-order valence-electron chi connectivity index (χ4n) is 4.10. The third-order valence-electron chi connectivity index (χ3n) is 5.63. The molecule has 9 heteroatoms. The van der Waals surface area contributed by atoms with Crippen LogP contribution in [-0.4, -0.2) is 30.3 Å². The maximum atomic E-state index is 12.7. The summed E-state index contributed by atoms with van der Waals surface area (Å²) in [5, 5.41) is 13.2. The van der Waals surface area contributed by atoms with Crippen molar-refractivity contribution in [2.45, 2.75) is 26.1 Å². The molecular weight excluding hydrogens is 433 g/mol. The zero-order chi connectivity index (χ0) is 23.6. The minimum atomic E-state index is -4.80. The number of anilines is 2. The molecule has 2 heterocycles. The Balaban J connectivity index is 1.46. The highest BCUT2D eigenvalue weighted by Crippen LogP contribution is 2.33. The summed E-state index contributed by atoms with van der Waals surface area (Å²) in [6.07, 6.45) is -2.13. The van der Waals surface area contributed by atoms with Crippen LogP contribution in [-0.2, 0) is 4.79 Å². The van der Waals surface area contributed by atoms with E-state index >= 15 is 0 Å². The molecule has 1 amide bonds. The SMILES string of the molecule is Cc1ccc2ncc(C#N)c(N3CCC(C(=O)Nc4cccc(OC(F)(F)F)c4)CC3)c2c1. The van der Waals surface area contributed by atoms with Gasteiger partial charge in [0.05, 0.1) is 16.8 Å². The lowest BCUT2D eigenvalue weighted by Gasteiger charge is -2.34. The van der Waals surface area contributed by atoms with Crippen LogP contribution in [0.2, 0.25) is 0 Å². The van der Waals surface area contributed by atoms with E-state index < -0.39 is 6.36 Å². The second-order valence-electron chi connectivity index (χ2n) is 7.98. The van der Waals surface area contributed by atoms with Crippen LogP contribution < -0.4 is 15.0 Å². The molecule has 4 rings (SSSR count). The van der Waals surface area contributed by atoms with Crippen LogP contribution in [0.15, 0.2) is 48.7 Å². The van der Waals surface area contributed by atoms with Crippen molar-refractivity contribution in [1.29, 1.82) is 5.26 Å². The summed E-state index contributed by atoms with van der Waals surface area (Å²) >= 11 is 0. The van der Waals surface area contributed by atoms with Crippen LogP contribution in [0.25, 0.3) is 10.9 Å². The molecule has 1 saturated heterocycles. The van der Waals surface area contributed by atoms with Crippen LogP contribution in [0.1, 0.15) is 24.0 Å². The number of pyridine rings is 1. The molecule has 170 valence electrons. The number of aryl methyl sites for hydroxylation is 1. The van der Waals surface area contributed by atoms with Gasteiger partial charge in [-0.05, 0) is 44.0 Å². The number of nitrogens with one attached hydrogen (secondary N) is 1. The number of hydrogen-bond acceptors (Lipinski definition) is 5. The fraction of sp³-hybridized carbons (Fsp3) is 0.292. The van der Waals surface area contributed by atoms with Gasteiger partial charge in [0.15, 0.2) is 0 Å². The molecule has 1 fully saturated rings. The van der Waals surface area contributed by atoms with Crippen LogP contribution in [0.3, 0.4) is 0 Å². The molecule has 6 nitrogen and oxygen atoms in total. The Morgan fingerprint density at radius 3 is 2.67 bits per heavy atom. The van der Waals surface area contributed by atoms with E-state index in [9.17, 15) is 23.2 Å². The maximum Gasteiger partial charge on any atom is 0.573 e. The highest BCUT2D eigenvalue weighted by Gasteiger charge is 2.31. The average molecular weight is 454 g/mol. The van der Waals surface area contributed by atoms with Gasteiger partial charge < -0.3 is 15.0 Å². The van der Waals surface area contributed by atoms with Crippen molar-refractivity contribution in [3.8, 4) is 11.8 Å². The largest absolute Gasteiger partial charge is 0.573 e. The first kappa shape index (κ1) is 22.4. The molecule has 0 aliphatic carbocycles. The molecule has 1 aliphatic heterocycles. The molecule has 0 unspecified atom stereocenters. The van der Waals surface area contributed by atoms with Crippen molar-refractivity contribution in [1.82, 2.24) is 4.98 Å². The van der Waals surface area contributed by atoms with E-state index in [0.717, 1.165) is 28.2 Å². The van der Waals surface area contributed by atoms with E-state index in [-0.39, 0.29) is 23.3 Å². The van der Waals surface area contributed by atoms with Crippen LogP contribution in [0.4, 0.5) is 24.5 Å². The number of piperidine rings is 1. The highest BCUT2D eigenvalue weighted by molar-refractivity contribution is 5.96. The third kappa shape index (κ3) is 5.17. The molecule has 0 spiro atoms. The van der Waals surface area contributed by atoms with Gasteiger partial charge in [0.25, 0.3) is 0 Å². The predicted octanol–water partition coefficient (Wildman–Crippen LogP) is 5.17. The summed E-state index contributed by atoms with van der Waals surface area (Å²) < 4.78 is 41.2. The number of nitriles is 1. The summed E-state index contributed by atoms with van der Waals surface area (Å²) in [5.74, 6) is -0.942. The second-order valence-corrected chi connectivity index (χ2v) is 7.98. The molecular formula is C24H21F3N4O2. The van der Waals surface area contributed by atoms with Gasteiger partial charge in [0.1, 0.15) is 11.8 Å². The van der Waals surface area contributed by atoms with Gasteiger partial charge in [0, 0.05) is 42.3 Å². The monoisotopic (exact) mass is 454 g/mol. The Labute approximate surface area is 188 Å². The smallest absolute Gasteiger partial charge is 0.406 e. The number of benzene rings is 2. The maximum absolute atomic E-state index is 12.7. The van der Waals surface area contributed by atoms with Gasteiger partial charge in [-0.15, -0.1) is 13.2 Å². The summed E-state index contributed by atoms with van der Waals surface area (Å²) in [6.45, 7) is 3.11. The molecule has 0 atom stereocenters. The number of carbonyl (C=O) groups is 1. The van der Waals surface area contributed by atoms with E-state index in [1.54, 1.807) is 6.20 Å². The molecule has 0 radical (unpaired) electrons. The van der Waals surface area contributed by atoms with Crippen molar-refractivity contribution in [2.75, 3.05) is 23.3 Å². The minimum absolute atomic E-state index is 0.242. The molecule has 3 aromatic rings. The first-order valence-electron chi connectivity index (χ1n) is 10.4. The first-order valence-corrected chi connectivity index (χ1v) is 10.4. The third-order valence-corrected chi connectivity index (χ3v) is 5.63. The van der Waals surface area contributed by atoms with Crippen molar-refractivity contribution in [2.24, 2.45) is 5.92 Å². The van der Waals surface area contributed by atoms with Crippen LogP contribution in [0.5, 0.6) is 5.75 Å². The Kier molecular flexibility index (Phi) is 6.09. The van der Waals surface area contributed by atoms with Crippen molar-refractivity contribution >= 4 is 28.2 Å². The zero-order valence-electron chi connectivity index (χ0n) is 17.8. The Morgan fingerprint density at radius 1 is 1.21 bits per heavy atom. The van der Waals surface area contributed by atoms with E-state index in [4.69, 9.17) is 0 Å². The standard InChI is InChI=1S/C24H21F3N4O2/c1-15-5-6-21-20(11-15)22(17(13-28)14-29-21)31-9-7-16(8-10-31)23(32)30-18-3-2-4-19(12-18)33-24(25,26)27/h2-6,11-12,14,16H,7-10H2,1H3,(H,30,32). The molecule has 0 saturated carbocycles. The molecule has 1 N–H and O–H groups in total. The number of amides is 1. The Morgan fingerprint density at radius 2 is 1.97 bits per heavy atom. The van der Waals surface area contributed by atoms with Crippen LogP contribution in [0, 0.1) is 24.2 Å². The first-order chi connectivity index (χ1) is 15.7. The number of hydrogen-bond donors (Lipinski definition) is 1. The summed E-state index contributed by atoms with van der Waals surface area (Å²) in [4.78, 5) is 19.2. The predicted molar refractivity (Wildman–Crippen MR) is 118 cm³/mol. The zero-order valence-corrected chi connectivity index (χ0v) is 17.8. The van der Waals surface area contributed by atoms with Crippen molar-refractivity contribution < 1.29 is 22.7 Å². The van der Waals surface area contributed by atoms with Gasteiger partial charge in [0.2, 0.25) is 5.91 Å². The van der Waals surface area contributed by atoms with Crippen molar-refractivity contribution in [3.63, 3.8) is 0 Å². The number of alkyl halides is 3. The number of halogens is 3. The number of ether oxygens (including phenoxy) is 1. The lowest BCUT2D eigenvalue weighted by Crippen LogP contribution is -2.38. The fourth-order valence-corrected chi connectivity index (χ4v) is 4.10. The average Bonchev–Trinajstić information content (AvgIpc) is 2.77. The lowest BCUT2D eigenvalue weighted by atomic mass is 9.94. The minimum Gasteiger partial charge on any atom is -0.406 e. The molecule has 1 aliphatic rings. The van der Waals surface area contributed by atoms with Gasteiger partial charge in [-0.3, -0.25) is 9.78 Å². The number of aromatic nitrogens is 1. The molecule has 0 bridgehead atoms. The number of nitrogens with zero attached hydrogens (tertiary/aromatic N) is 3. The Bertz CT molecular complexity index is 1230. The number of fused-ring (bicyclic) bond motifs is 1. The normalized spacial score (nSPS) is 14.7. The molecule has 2 aromatic carbocycles. The topological polar surface area (TPSA) is 78.2 Å². The molecule has 1 aromatic heterocycles. The van der Waals surface area contributed by atoms with Crippen molar-refractivity contribution in [3.05, 3.63) is 59.8 Å². The lowest BCUT2D eigenvalue weighted by molar-refractivity contribution is -0.274. The summed E-state index contributed by atoms with van der Waals surface area (Å²) in [7, 11) is 0. The van der Waals surface area contributed by atoms with E-state index in [0.29, 0.717) is 31.5 Å². The highest BCUT2D eigenvalue weighted by atomic mass is 19.4. The Hall–Kier alpha value is -3.80. The van der Waals surface area contributed by atoms with E-state index in [1.807, 2.05) is 25.1 Å². The van der Waals surface area contributed by atoms with Gasteiger partial charge in [-0.25, -0.2) is 0 Å². The quantitative estimate of drug-likeness (QED) is 0.589. The van der Waals surface area contributed by atoms with Gasteiger partial charge >= 0.3 is 6.36 Å². The summed E-state index contributed by atoms with van der Waals surface area (Å²) in [6, 6.07) is 13.3. The van der Waals surface area contributed by atoms with Gasteiger partial charge in [-0.2, -0.15) is 5.26 Å². The van der Waals surface area contributed by atoms with E-state index in [2.05, 4.69) is 26.0 Å². The van der Waals surface area contributed by atoms with Crippen LogP contribution >= 0.6 is 0 Å².